The molecule has 0 radical (unpaired) electrons. The second-order valence-corrected chi connectivity index (χ2v) is 5.98. The molecule has 1 atom stereocenters. The van der Waals surface area contributed by atoms with E-state index in [9.17, 15) is 0 Å². The zero-order chi connectivity index (χ0) is 13.1. The third-order valence-corrected chi connectivity index (χ3v) is 4.72. The van der Waals surface area contributed by atoms with Crippen molar-refractivity contribution in [2.24, 2.45) is 0 Å². The highest BCUT2D eigenvalue weighted by Gasteiger charge is 2.17. The Hall–Kier alpha value is -1.20. The van der Waals surface area contributed by atoms with E-state index in [0.717, 1.165) is 37.6 Å². The van der Waals surface area contributed by atoms with Crippen molar-refractivity contribution in [2.45, 2.75) is 51.7 Å². The molecule has 5 heteroatoms. The molecule has 2 aromatic rings. The van der Waals surface area contributed by atoms with E-state index in [-0.39, 0.29) is 0 Å². The van der Waals surface area contributed by atoms with E-state index in [4.69, 9.17) is 0 Å². The molecule has 0 spiro atoms. The Labute approximate surface area is 117 Å². The summed E-state index contributed by atoms with van der Waals surface area (Å²) in [6, 6.07) is 4.74. The van der Waals surface area contributed by atoms with Crippen LogP contribution in [0.15, 0.2) is 17.5 Å². The number of nitrogens with zero attached hydrogens (tertiary/aromatic N) is 3. The van der Waals surface area contributed by atoms with Crippen LogP contribution in [0.3, 0.4) is 0 Å². The van der Waals surface area contributed by atoms with Crippen molar-refractivity contribution >= 4 is 11.3 Å². The molecule has 1 N–H and O–H groups in total. The number of aryl methyl sites for hydroxylation is 1. The van der Waals surface area contributed by atoms with Gasteiger partial charge in [0.15, 0.2) is 0 Å². The minimum absolute atomic E-state index is 0.427. The molecule has 0 saturated carbocycles. The van der Waals surface area contributed by atoms with Gasteiger partial charge >= 0.3 is 0 Å². The maximum Gasteiger partial charge on any atom is 0.147 e. The van der Waals surface area contributed by atoms with Gasteiger partial charge in [0.2, 0.25) is 0 Å². The summed E-state index contributed by atoms with van der Waals surface area (Å²) in [5.74, 6) is 2.25. The number of thiophene rings is 1. The normalized spacial score (nSPS) is 16.3. The number of hydrogen-bond donors (Lipinski definition) is 1. The molecule has 0 aliphatic carbocycles. The Kier molecular flexibility index (Phi) is 3.94. The minimum Gasteiger partial charge on any atom is -0.314 e. The van der Waals surface area contributed by atoms with E-state index < -0.39 is 0 Å². The third kappa shape index (κ3) is 2.72. The highest BCUT2D eigenvalue weighted by atomic mass is 32.1. The van der Waals surface area contributed by atoms with Gasteiger partial charge in [0.1, 0.15) is 11.6 Å². The SMILES string of the molecule is CCC(NCc1nnc2n1CCCC2)c1cccs1. The van der Waals surface area contributed by atoms with Gasteiger partial charge in [-0.25, -0.2) is 0 Å². The summed E-state index contributed by atoms with van der Waals surface area (Å²) in [6.45, 7) is 4.11. The van der Waals surface area contributed by atoms with Gasteiger partial charge in [-0.1, -0.05) is 13.0 Å². The molecule has 1 aliphatic heterocycles. The van der Waals surface area contributed by atoms with Gasteiger partial charge in [0, 0.05) is 23.9 Å². The van der Waals surface area contributed by atoms with Crippen molar-refractivity contribution in [1.82, 2.24) is 20.1 Å². The van der Waals surface area contributed by atoms with Crippen LogP contribution in [0.5, 0.6) is 0 Å². The van der Waals surface area contributed by atoms with E-state index in [2.05, 4.69) is 44.5 Å². The Balaban J connectivity index is 1.67. The van der Waals surface area contributed by atoms with E-state index in [1.807, 2.05) is 11.3 Å². The first-order chi connectivity index (χ1) is 9.38. The largest absolute Gasteiger partial charge is 0.314 e. The molecule has 0 bridgehead atoms. The van der Waals surface area contributed by atoms with E-state index >= 15 is 0 Å². The second kappa shape index (κ2) is 5.84. The molecule has 0 aromatic carbocycles. The first kappa shape index (κ1) is 12.8. The van der Waals surface area contributed by atoms with Crippen molar-refractivity contribution in [3.63, 3.8) is 0 Å². The summed E-state index contributed by atoms with van der Waals surface area (Å²) in [7, 11) is 0. The van der Waals surface area contributed by atoms with Crippen molar-refractivity contribution in [2.75, 3.05) is 0 Å². The topological polar surface area (TPSA) is 42.7 Å². The van der Waals surface area contributed by atoms with Crippen molar-refractivity contribution < 1.29 is 0 Å². The Morgan fingerprint density at radius 1 is 1.42 bits per heavy atom. The molecule has 1 aliphatic rings. The number of hydrogen-bond acceptors (Lipinski definition) is 4. The average Bonchev–Trinajstić information content (AvgIpc) is 3.09. The second-order valence-electron chi connectivity index (χ2n) is 5.00. The monoisotopic (exact) mass is 276 g/mol. The molecule has 3 heterocycles. The lowest BCUT2D eigenvalue weighted by Gasteiger charge is -2.18. The molecular weight excluding hydrogens is 256 g/mol. The third-order valence-electron chi connectivity index (χ3n) is 3.74. The molecule has 19 heavy (non-hydrogen) atoms. The van der Waals surface area contributed by atoms with Crippen LogP contribution in [0.4, 0.5) is 0 Å². The van der Waals surface area contributed by atoms with Crippen LogP contribution in [0.25, 0.3) is 0 Å². The molecule has 0 saturated heterocycles. The smallest absolute Gasteiger partial charge is 0.147 e. The Bertz CT molecular complexity index is 518. The molecule has 0 fully saturated rings. The summed E-state index contributed by atoms with van der Waals surface area (Å²) >= 11 is 1.82. The molecule has 3 rings (SSSR count). The van der Waals surface area contributed by atoms with Gasteiger partial charge in [0.25, 0.3) is 0 Å². The summed E-state index contributed by atoms with van der Waals surface area (Å²) in [5.41, 5.74) is 0. The van der Waals surface area contributed by atoms with Crippen molar-refractivity contribution in [1.29, 1.82) is 0 Å². The van der Waals surface area contributed by atoms with Crippen LogP contribution in [-0.4, -0.2) is 14.8 Å². The minimum atomic E-state index is 0.427. The highest BCUT2D eigenvalue weighted by Crippen LogP contribution is 2.22. The van der Waals surface area contributed by atoms with Crippen LogP contribution in [0.1, 0.15) is 48.8 Å². The predicted octanol–water partition coefficient (Wildman–Crippen LogP) is 2.92. The lowest BCUT2D eigenvalue weighted by atomic mass is 10.1. The molecular formula is C14H20N4S. The first-order valence-corrected chi connectivity index (χ1v) is 7.94. The molecule has 2 aromatic heterocycles. The van der Waals surface area contributed by atoms with Gasteiger partial charge in [-0.05, 0) is 30.7 Å². The van der Waals surface area contributed by atoms with Gasteiger partial charge in [0.05, 0.1) is 6.54 Å². The van der Waals surface area contributed by atoms with Crippen LogP contribution < -0.4 is 5.32 Å². The van der Waals surface area contributed by atoms with Gasteiger partial charge < -0.3 is 9.88 Å². The lowest BCUT2D eigenvalue weighted by molar-refractivity contribution is 0.471. The van der Waals surface area contributed by atoms with E-state index in [1.54, 1.807) is 0 Å². The van der Waals surface area contributed by atoms with Crippen LogP contribution in [-0.2, 0) is 19.5 Å². The zero-order valence-corrected chi connectivity index (χ0v) is 12.1. The quantitative estimate of drug-likeness (QED) is 0.913. The first-order valence-electron chi connectivity index (χ1n) is 7.06. The van der Waals surface area contributed by atoms with E-state index in [1.165, 1.54) is 17.7 Å². The maximum atomic E-state index is 4.34. The summed E-state index contributed by atoms with van der Waals surface area (Å²) in [4.78, 5) is 1.40. The molecule has 1 unspecified atom stereocenters. The standard InChI is InChI=1S/C14H20N4S/c1-2-11(12-6-5-9-19-12)15-10-14-17-16-13-7-3-4-8-18(13)14/h5-6,9,11,15H,2-4,7-8,10H2,1H3. The fraction of sp³-hybridized carbons (Fsp3) is 0.571. The van der Waals surface area contributed by atoms with Crippen LogP contribution >= 0.6 is 11.3 Å². The molecule has 4 nitrogen and oxygen atoms in total. The van der Waals surface area contributed by atoms with Gasteiger partial charge in [-0.2, -0.15) is 0 Å². The molecule has 102 valence electrons. The number of nitrogens with one attached hydrogen (secondary N) is 1. The summed E-state index contributed by atoms with van der Waals surface area (Å²) in [6.07, 6.45) is 4.68. The van der Waals surface area contributed by atoms with E-state index in [0.29, 0.717) is 6.04 Å². The number of fused-ring (bicyclic) bond motifs is 1. The lowest BCUT2D eigenvalue weighted by Crippen LogP contribution is -2.23. The predicted molar refractivity (Wildman–Crippen MR) is 77.2 cm³/mol. The zero-order valence-electron chi connectivity index (χ0n) is 11.3. The highest BCUT2D eigenvalue weighted by molar-refractivity contribution is 7.10. The Morgan fingerprint density at radius 3 is 3.16 bits per heavy atom. The number of rotatable bonds is 5. The average molecular weight is 276 g/mol. The van der Waals surface area contributed by atoms with Gasteiger partial charge in [-0.15, -0.1) is 21.5 Å². The van der Waals surface area contributed by atoms with Crippen LogP contribution in [0.2, 0.25) is 0 Å². The molecule has 0 amide bonds. The summed E-state index contributed by atoms with van der Waals surface area (Å²) in [5, 5.41) is 14.4. The van der Waals surface area contributed by atoms with Gasteiger partial charge in [-0.3, -0.25) is 0 Å². The van der Waals surface area contributed by atoms with Crippen LogP contribution in [0, 0.1) is 0 Å². The Morgan fingerprint density at radius 2 is 2.37 bits per heavy atom. The summed E-state index contributed by atoms with van der Waals surface area (Å²) < 4.78 is 2.29. The fourth-order valence-electron chi connectivity index (χ4n) is 2.65. The number of aromatic nitrogens is 3. The van der Waals surface area contributed by atoms with Crippen molar-refractivity contribution in [3.05, 3.63) is 34.0 Å². The van der Waals surface area contributed by atoms with Crippen molar-refractivity contribution in [3.8, 4) is 0 Å². The fourth-order valence-corrected chi connectivity index (χ4v) is 3.54. The maximum absolute atomic E-state index is 4.34.